The summed E-state index contributed by atoms with van der Waals surface area (Å²) in [5.74, 6) is 1.50. The van der Waals surface area contributed by atoms with Crippen molar-refractivity contribution in [1.29, 1.82) is 0 Å². The average molecular weight is 346 g/mol. The minimum absolute atomic E-state index is 0.582. The molecule has 3 heteroatoms. The first-order valence-electron chi connectivity index (χ1n) is 9.58. The van der Waals surface area contributed by atoms with Crippen molar-refractivity contribution >= 4 is 10.9 Å². The Balaban J connectivity index is 1.55. The van der Waals surface area contributed by atoms with Gasteiger partial charge in [-0.25, -0.2) is 0 Å². The van der Waals surface area contributed by atoms with E-state index >= 15 is 0 Å². The van der Waals surface area contributed by atoms with Crippen LogP contribution in [0.2, 0.25) is 0 Å². The van der Waals surface area contributed by atoms with Crippen LogP contribution in [0.5, 0.6) is 5.75 Å². The number of aryl methyl sites for hydroxylation is 1. The second-order valence-corrected chi connectivity index (χ2v) is 7.17. The SMILES string of the molecule is Cc1nc2cc(OCc3ccccc3)ccc2cc1C1CCCNCC1. The molecule has 1 aromatic heterocycles. The van der Waals surface area contributed by atoms with Crippen molar-refractivity contribution in [3.05, 3.63) is 71.4 Å². The highest BCUT2D eigenvalue weighted by Gasteiger charge is 2.17. The first-order chi connectivity index (χ1) is 12.8. The lowest BCUT2D eigenvalue weighted by molar-refractivity contribution is 0.306. The number of pyridine rings is 1. The molecule has 0 aliphatic carbocycles. The van der Waals surface area contributed by atoms with Gasteiger partial charge in [-0.1, -0.05) is 30.3 Å². The van der Waals surface area contributed by atoms with Crippen molar-refractivity contribution in [1.82, 2.24) is 10.3 Å². The molecule has 3 aromatic rings. The fourth-order valence-electron chi connectivity index (χ4n) is 3.83. The van der Waals surface area contributed by atoms with E-state index in [4.69, 9.17) is 9.72 Å². The van der Waals surface area contributed by atoms with Gasteiger partial charge in [-0.3, -0.25) is 4.98 Å². The number of benzene rings is 2. The molecule has 1 aliphatic heterocycles. The molecular weight excluding hydrogens is 320 g/mol. The van der Waals surface area contributed by atoms with Crippen molar-refractivity contribution < 1.29 is 4.74 Å². The molecule has 0 radical (unpaired) electrons. The predicted octanol–water partition coefficient (Wildman–Crippen LogP) is 4.98. The molecule has 1 N–H and O–H groups in total. The van der Waals surface area contributed by atoms with Gasteiger partial charge >= 0.3 is 0 Å². The van der Waals surface area contributed by atoms with Gasteiger partial charge in [0.2, 0.25) is 0 Å². The number of hydrogen-bond donors (Lipinski definition) is 1. The molecule has 0 amide bonds. The number of rotatable bonds is 4. The van der Waals surface area contributed by atoms with Crippen LogP contribution in [-0.2, 0) is 6.61 Å². The highest BCUT2D eigenvalue weighted by Crippen LogP contribution is 2.31. The molecule has 3 nitrogen and oxygen atoms in total. The van der Waals surface area contributed by atoms with E-state index in [0.717, 1.165) is 30.0 Å². The third-order valence-electron chi connectivity index (χ3n) is 5.28. The third kappa shape index (κ3) is 3.88. The summed E-state index contributed by atoms with van der Waals surface area (Å²) in [4.78, 5) is 4.90. The molecule has 1 atom stereocenters. The molecule has 0 bridgehead atoms. The summed E-state index contributed by atoms with van der Waals surface area (Å²) in [7, 11) is 0. The van der Waals surface area contributed by atoms with Gasteiger partial charge in [0, 0.05) is 17.1 Å². The lowest BCUT2D eigenvalue weighted by Gasteiger charge is -2.17. The van der Waals surface area contributed by atoms with Crippen LogP contribution >= 0.6 is 0 Å². The van der Waals surface area contributed by atoms with Gasteiger partial charge in [-0.15, -0.1) is 0 Å². The van der Waals surface area contributed by atoms with Crippen molar-refractivity contribution in [3.8, 4) is 5.75 Å². The summed E-state index contributed by atoms with van der Waals surface area (Å²) in [6.45, 7) is 4.97. The third-order valence-corrected chi connectivity index (χ3v) is 5.28. The highest BCUT2D eigenvalue weighted by molar-refractivity contribution is 5.81. The number of aromatic nitrogens is 1. The molecular formula is C23H26N2O. The Morgan fingerprint density at radius 3 is 2.81 bits per heavy atom. The molecule has 2 heterocycles. The molecule has 0 spiro atoms. The minimum Gasteiger partial charge on any atom is -0.489 e. The van der Waals surface area contributed by atoms with Crippen LogP contribution < -0.4 is 10.1 Å². The maximum Gasteiger partial charge on any atom is 0.122 e. The standard InChI is InChI=1S/C23H26N2O/c1-17-22(19-8-5-12-24-13-11-19)14-20-9-10-21(15-23(20)25-17)26-16-18-6-3-2-4-7-18/h2-4,6-7,9-10,14-15,19,24H,5,8,11-13,16H2,1H3. The fraction of sp³-hybridized carbons (Fsp3) is 0.348. The monoisotopic (exact) mass is 346 g/mol. The molecule has 1 fully saturated rings. The van der Waals surface area contributed by atoms with Crippen LogP contribution in [-0.4, -0.2) is 18.1 Å². The normalized spacial score (nSPS) is 17.8. The zero-order chi connectivity index (χ0) is 17.8. The van der Waals surface area contributed by atoms with Crippen LogP contribution in [0.4, 0.5) is 0 Å². The molecule has 26 heavy (non-hydrogen) atoms. The largest absolute Gasteiger partial charge is 0.489 e. The summed E-state index contributed by atoms with van der Waals surface area (Å²) in [5, 5.41) is 4.71. The number of nitrogens with one attached hydrogen (secondary N) is 1. The van der Waals surface area contributed by atoms with Gasteiger partial charge in [0.1, 0.15) is 12.4 Å². The highest BCUT2D eigenvalue weighted by atomic mass is 16.5. The van der Waals surface area contributed by atoms with E-state index in [1.54, 1.807) is 0 Å². The van der Waals surface area contributed by atoms with Crippen molar-refractivity contribution in [2.45, 2.75) is 38.7 Å². The van der Waals surface area contributed by atoms with Crippen LogP contribution in [0.3, 0.4) is 0 Å². The van der Waals surface area contributed by atoms with Crippen molar-refractivity contribution in [3.63, 3.8) is 0 Å². The fourth-order valence-corrected chi connectivity index (χ4v) is 3.83. The molecule has 0 saturated carbocycles. The van der Waals surface area contributed by atoms with Crippen molar-refractivity contribution in [2.75, 3.05) is 13.1 Å². The minimum atomic E-state index is 0.582. The van der Waals surface area contributed by atoms with Gasteiger partial charge in [0.15, 0.2) is 0 Å². The van der Waals surface area contributed by atoms with Gasteiger partial charge < -0.3 is 10.1 Å². The first-order valence-corrected chi connectivity index (χ1v) is 9.58. The molecule has 1 saturated heterocycles. The second-order valence-electron chi connectivity index (χ2n) is 7.17. The molecule has 1 unspecified atom stereocenters. The van der Waals surface area contributed by atoms with E-state index in [2.05, 4.69) is 48.6 Å². The molecule has 1 aliphatic rings. The predicted molar refractivity (Wildman–Crippen MR) is 107 cm³/mol. The summed E-state index contributed by atoms with van der Waals surface area (Å²) >= 11 is 0. The number of nitrogens with zero attached hydrogens (tertiary/aromatic N) is 1. The summed E-state index contributed by atoms with van der Waals surface area (Å²) in [6, 6.07) is 18.9. The Kier molecular flexibility index (Phi) is 5.16. The summed E-state index contributed by atoms with van der Waals surface area (Å²) in [5.41, 5.74) is 4.77. The van der Waals surface area contributed by atoms with Crippen LogP contribution in [0, 0.1) is 6.92 Å². The number of hydrogen-bond acceptors (Lipinski definition) is 3. The molecule has 134 valence electrons. The number of fused-ring (bicyclic) bond motifs is 1. The van der Waals surface area contributed by atoms with Crippen LogP contribution in [0.15, 0.2) is 54.6 Å². The Bertz CT molecular complexity index is 868. The van der Waals surface area contributed by atoms with E-state index < -0.39 is 0 Å². The zero-order valence-corrected chi connectivity index (χ0v) is 15.4. The van der Waals surface area contributed by atoms with Gasteiger partial charge in [-0.05, 0) is 74.5 Å². The van der Waals surface area contributed by atoms with E-state index in [1.807, 2.05) is 18.2 Å². The maximum atomic E-state index is 5.95. The average Bonchev–Trinajstić information content (AvgIpc) is 2.96. The topological polar surface area (TPSA) is 34.1 Å². The quantitative estimate of drug-likeness (QED) is 0.723. The van der Waals surface area contributed by atoms with Gasteiger partial charge in [-0.2, -0.15) is 0 Å². The smallest absolute Gasteiger partial charge is 0.122 e. The second kappa shape index (κ2) is 7.88. The lowest BCUT2D eigenvalue weighted by atomic mass is 9.90. The van der Waals surface area contributed by atoms with E-state index in [1.165, 1.54) is 35.8 Å². The van der Waals surface area contributed by atoms with E-state index in [-0.39, 0.29) is 0 Å². The Morgan fingerprint density at radius 2 is 1.92 bits per heavy atom. The van der Waals surface area contributed by atoms with Gasteiger partial charge in [0.05, 0.1) is 5.52 Å². The summed E-state index contributed by atoms with van der Waals surface area (Å²) in [6.07, 6.45) is 3.69. The van der Waals surface area contributed by atoms with Crippen molar-refractivity contribution in [2.24, 2.45) is 0 Å². The summed E-state index contributed by atoms with van der Waals surface area (Å²) < 4.78 is 5.95. The molecule has 2 aromatic carbocycles. The first kappa shape index (κ1) is 17.0. The maximum absolute atomic E-state index is 5.95. The Hall–Kier alpha value is -2.39. The van der Waals surface area contributed by atoms with Gasteiger partial charge in [0.25, 0.3) is 0 Å². The number of ether oxygens (including phenoxy) is 1. The zero-order valence-electron chi connectivity index (χ0n) is 15.4. The van der Waals surface area contributed by atoms with Crippen LogP contribution in [0.25, 0.3) is 10.9 Å². The lowest BCUT2D eigenvalue weighted by Crippen LogP contribution is -2.14. The Labute approximate surface area is 155 Å². The molecule has 4 rings (SSSR count). The van der Waals surface area contributed by atoms with E-state index in [9.17, 15) is 0 Å². The van der Waals surface area contributed by atoms with E-state index in [0.29, 0.717) is 12.5 Å². The Morgan fingerprint density at radius 1 is 1.04 bits per heavy atom. The van der Waals surface area contributed by atoms with Crippen LogP contribution in [0.1, 0.15) is 42.0 Å².